The Hall–Kier alpha value is -3.36. The summed E-state index contributed by atoms with van der Waals surface area (Å²) in [6, 6.07) is 2.89. The number of alkyl halides is 3. The van der Waals surface area contributed by atoms with Crippen LogP contribution in [-0.4, -0.2) is 58.4 Å². The van der Waals surface area contributed by atoms with Gasteiger partial charge in [-0.2, -0.15) is 23.1 Å². The summed E-state index contributed by atoms with van der Waals surface area (Å²) < 4.78 is 80.2. The fourth-order valence-electron chi connectivity index (χ4n) is 5.42. The van der Waals surface area contributed by atoms with Gasteiger partial charge in [-0.25, -0.2) is 13.8 Å². The minimum atomic E-state index is -4.97. The molecule has 3 atom stereocenters. The van der Waals surface area contributed by atoms with Gasteiger partial charge in [0.05, 0.1) is 22.4 Å². The molecule has 6 rings (SSSR count). The summed E-state index contributed by atoms with van der Waals surface area (Å²) >= 11 is 0.761. The maximum Gasteiger partial charge on any atom is 0.417 e. The third kappa shape index (κ3) is 4.67. The number of nitrogens with one attached hydrogen (secondary N) is 1. The SMILES string of the molecule is CC(CO)COc1nc(N2CC3CCC(C2)N3)c2cc(C(F)(F)F)c(-c3ccc(F)c4sc(N)nc34)c(F)c2n1. The van der Waals surface area contributed by atoms with Crippen LogP contribution in [0.15, 0.2) is 18.2 Å². The number of ether oxygens (including phenoxy) is 1. The van der Waals surface area contributed by atoms with E-state index >= 15 is 4.39 Å². The summed E-state index contributed by atoms with van der Waals surface area (Å²) in [5.41, 5.74) is 2.87. The molecule has 0 amide bonds. The number of benzene rings is 2. The Morgan fingerprint density at radius 2 is 1.88 bits per heavy atom. The minimum absolute atomic E-state index is 0.0139. The van der Waals surface area contributed by atoms with Gasteiger partial charge in [0.15, 0.2) is 10.9 Å². The molecule has 8 nitrogen and oxygen atoms in total. The molecule has 2 bridgehead atoms. The van der Waals surface area contributed by atoms with Gasteiger partial charge in [0, 0.05) is 54.2 Å². The quantitative estimate of drug-likeness (QED) is 0.281. The van der Waals surface area contributed by atoms with Crippen molar-refractivity contribution in [2.24, 2.45) is 5.92 Å². The molecule has 14 heteroatoms. The topological polar surface area (TPSA) is 109 Å². The molecule has 2 aromatic heterocycles. The molecule has 2 aliphatic heterocycles. The first-order valence-electron chi connectivity index (χ1n) is 12.7. The molecule has 2 saturated heterocycles. The normalized spacial score (nSPS) is 20.0. The monoisotopic (exact) mass is 580 g/mol. The lowest BCUT2D eigenvalue weighted by atomic mass is 9.95. The van der Waals surface area contributed by atoms with Crippen LogP contribution in [0.25, 0.3) is 32.2 Å². The van der Waals surface area contributed by atoms with E-state index in [0.29, 0.717) is 13.1 Å². The van der Waals surface area contributed by atoms with Gasteiger partial charge < -0.3 is 25.8 Å². The number of thiazole rings is 1. The van der Waals surface area contributed by atoms with Crippen LogP contribution < -0.4 is 20.7 Å². The fourth-order valence-corrected chi connectivity index (χ4v) is 6.18. The first-order valence-corrected chi connectivity index (χ1v) is 13.6. The highest BCUT2D eigenvalue weighted by atomic mass is 32.1. The second-order valence-corrected chi connectivity index (χ2v) is 11.3. The molecule has 2 fully saturated rings. The summed E-state index contributed by atoms with van der Waals surface area (Å²) in [7, 11) is 0. The minimum Gasteiger partial charge on any atom is -0.463 e. The van der Waals surface area contributed by atoms with Gasteiger partial charge in [-0.1, -0.05) is 18.3 Å². The predicted octanol–water partition coefficient (Wildman–Crippen LogP) is 4.73. The maximum absolute atomic E-state index is 16.5. The van der Waals surface area contributed by atoms with Crippen molar-refractivity contribution in [3.63, 3.8) is 0 Å². The first-order chi connectivity index (χ1) is 19.0. The van der Waals surface area contributed by atoms with Gasteiger partial charge in [-0.15, -0.1) is 0 Å². The van der Waals surface area contributed by atoms with E-state index in [0.717, 1.165) is 42.4 Å². The Labute approximate surface area is 229 Å². The predicted molar refractivity (Wildman–Crippen MR) is 141 cm³/mol. The highest BCUT2D eigenvalue weighted by Crippen LogP contribution is 2.46. The molecule has 3 unspecified atom stereocenters. The summed E-state index contributed by atoms with van der Waals surface area (Å²) in [5.74, 6) is -2.14. The Bertz CT molecular complexity index is 1600. The van der Waals surface area contributed by atoms with Crippen molar-refractivity contribution >= 4 is 43.4 Å². The van der Waals surface area contributed by atoms with Crippen LogP contribution in [0.5, 0.6) is 6.01 Å². The maximum atomic E-state index is 16.5. The molecular weight excluding hydrogens is 555 g/mol. The molecule has 0 aliphatic carbocycles. The van der Waals surface area contributed by atoms with Crippen molar-refractivity contribution in [2.45, 2.75) is 38.0 Å². The zero-order valence-electron chi connectivity index (χ0n) is 21.2. The number of aromatic nitrogens is 3. The number of fused-ring (bicyclic) bond motifs is 4. The highest BCUT2D eigenvalue weighted by molar-refractivity contribution is 7.22. The Balaban J connectivity index is 1.62. The summed E-state index contributed by atoms with van der Waals surface area (Å²) in [6.45, 7) is 2.50. The van der Waals surface area contributed by atoms with Crippen LogP contribution in [0.4, 0.5) is 32.9 Å². The van der Waals surface area contributed by atoms with Crippen molar-refractivity contribution in [1.82, 2.24) is 20.3 Å². The lowest BCUT2D eigenvalue weighted by Gasteiger charge is -2.34. The number of aliphatic hydroxyl groups is 1. The van der Waals surface area contributed by atoms with E-state index in [1.807, 2.05) is 4.90 Å². The van der Waals surface area contributed by atoms with Gasteiger partial charge in [0.2, 0.25) is 0 Å². The molecule has 4 aromatic rings. The number of piperazine rings is 1. The molecule has 4 N–H and O–H groups in total. The van der Waals surface area contributed by atoms with Crippen molar-refractivity contribution in [3.05, 3.63) is 35.4 Å². The van der Waals surface area contributed by atoms with Crippen LogP contribution in [-0.2, 0) is 6.18 Å². The third-order valence-electron chi connectivity index (χ3n) is 7.30. The van der Waals surface area contributed by atoms with Crippen LogP contribution >= 0.6 is 11.3 Å². The molecule has 0 spiro atoms. The summed E-state index contributed by atoms with van der Waals surface area (Å²) in [6.07, 6.45) is -3.16. The van der Waals surface area contributed by atoms with E-state index in [1.54, 1.807) is 6.92 Å². The number of rotatable bonds is 6. The largest absolute Gasteiger partial charge is 0.463 e. The van der Waals surface area contributed by atoms with E-state index in [4.69, 9.17) is 10.5 Å². The van der Waals surface area contributed by atoms with Crippen LogP contribution in [0.3, 0.4) is 0 Å². The van der Waals surface area contributed by atoms with E-state index in [2.05, 4.69) is 20.3 Å². The number of nitrogens with two attached hydrogens (primary N) is 1. The lowest BCUT2D eigenvalue weighted by Crippen LogP contribution is -2.51. The number of anilines is 2. The molecule has 0 radical (unpaired) electrons. The van der Waals surface area contributed by atoms with Crippen LogP contribution in [0, 0.1) is 17.6 Å². The van der Waals surface area contributed by atoms with Crippen LogP contribution in [0.2, 0.25) is 0 Å². The third-order valence-corrected chi connectivity index (χ3v) is 8.19. The van der Waals surface area contributed by atoms with E-state index in [9.17, 15) is 22.7 Å². The van der Waals surface area contributed by atoms with E-state index in [1.165, 1.54) is 0 Å². The Morgan fingerprint density at radius 3 is 2.55 bits per heavy atom. The lowest BCUT2D eigenvalue weighted by molar-refractivity contribution is -0.137. The molecule has 212 valence electrons. The second-order valence-electron chi connectivity index (χ2n) is 10.3. The molecule has 4 heterocycles. The van der Waals surface area contributed by atoms with E-state index in [-0.39, 0.29) is 74.9 Å². The van der Waals surface area contributed by atoms with Gasteiger partial charge >= 0.3 is 12.2 Å². The fraction of sp³-hybridized carbons (Fsp3) is 0.423. The number of aliphatic hydroxyl groups excluding tert-OH is 1. The Kier molecular flexibility index (Phi) is 6.66. The van der Waals surface area contributed by atoms with Gasteiger partial charge in [-0.3, -0.25) is 0 Å². The van der Waals surface area contributed by atoms with Crippen molar-refractivity contribution in [2.75, 3.05) is 36.9 Å². The number of nitrogen functional groups attached to an aromatic ring is 1. The Morgan fingerprint density at radius 1 is 1.15 bits per heavy atom. The average Bonchev–Trinajstić information content (AvgIpc) is 3.48. The number of hydrogen-bond acceptors (Lipinski definition) is 9. The highest BCUT2D eigenvalue weighted by Gasteiger charge is 2.39. The van der Waals surface area contributed by atoms with Crippen molar-refractivity contribution in [1.29, 1.82) is 0 Å². The van der Waals surface area contributed by atoms with Gasteiger partial charge in [0.25, 0.3) is 0 Å². The summed E-state index contributed by atoms with van der Waals surface area (Å²) in [4.78, 5) is 14.5. The molecule has 40 heavy (non-hydrogen) atoms. The standard InChI is InChI=1S/C26H25F5N6O2S/c1-11(9-38)10-39-25-35-20-15(23(36-25)37-7-12-2-3-13(8-37)33-12)6-16(26(29,30)31)18(19(20)28)14-4-5-17(27)22-21(14)34-24(32)40-22/h4-6,11-13,33,38H,2-3,7-10H2,1H3,(H2,32,34). The van der Waals surface area contributed by atoms with E-state index < -0.39 is 28.9 Å². The van der Waals surface area contributed by atoms with Crippen molar-refractivity contribution < 1.29 is 31.8 Å². The van der Waals surface area contributed by atoms with Gasteiger partial charge in [-0.05, 0) is 31.0 Å². The number of nitrogens with zero attached hydrogens (tertiary/aromatic N) is 4. The summed E-state index contributed by atoms with van der Waals surface area (Å²) in [5, 5.41) is 12.7. The zero-order chi connectivity index (χ0) is 28.3. The number of hydrogen-bond donors (Lipinski definition) is 3. The average molecular weight is 581 g/mol. The smallest absolute Gasteiger partial charge is 0.417 e. The molecular formula is C26H25F5N6O2S. The molecule has 0 saturated carbocycles. The molecule has 2 aromatic carbocycles. The second kappa shape index (κ2) is 9.93. The zero-order valence-corrected chi connectivity index (χ0v) is 22.0. The molecule has 2 aliphatic rings. The number of halogens is 5. The van der Waals surface area contributed by atoms with Crippen LogP contribution in [0.1, 0.15) is 25.3 Å². The van der Waals surface area contributed by atoms with Gasteiger partial charge in [0.1, 0.15) is 17.2 Å². The van der Waals surface area contributed by atoms with Crippen molar-refractivity contribution in [3.8, 4) is 17.1 Å². The first kappa shape index (κ1) is 26.8.